The van der Waals surface area contributed by atoms with Gasteiger partial charge < -0.3 is 9.47 Å². The number of ether oxygens (including phenoxy) is 2. The van der Waals surface area contributed by atoms with Crippen LogP contribution in [0.15, 0.2) is 77.4 Å². The lowest BCUT2D eigenvalue weighted by molar-refractivity contribution is -0.129. The van der Waals surface area contributed by atoms with Crippen molar-refractivity contribution in [1.29, 1.82) is 0 Å². The highest BCUT2D eigenvalue weighted by Gasteiger charge is 2.24. The molecule has 150 valence electrons. The topological polar surface area (TPSA) is 47.9 Å². The Bertz CT molecular complexity index is 1180. The second-order valence-corrected chi connectivity index (χ2v) is 7.57. The molecule has 0 radical (unpaired) electrons. The molecule has 1 heterocycles. The fourth-order valence-electron chi connectivity index (χ4n) is 2.89. The van der Waals surface area contributed by atoms with E-state index in [2.05, 4.69) is 4.99 Å². The lowest BCUT2D eigenvalue weighted by atomic mass is 10.1. The highest BCUT2D eigenvalue weighted by atomic mass is 35.5. The highest BCUT2D eigenvalue weighted by molar-refractivity contribution is 6.32. The number of hydrogen-bond acceptors (Lipinski definition) is 4. The Hall–Kier alpha value is -3.08. The smallest absolute Gasteiger partial charge is 0.363 e. The average Bonchev–Trinajstić information content (AvgIpc) is 3.10. The van der Waals surface area contributed by atoms with Gasteiger partial charge in [0.05, 0.1) is 0 Å². The van der Waals surface area contributed by atoms with Gasteiger partial charge in [-0.25, -0.2) is 9.79 Å². The van der Waals surface area contributed by atoms with E-state index in [-0.39, 0.29) is 11.6 Å². The van der Waals surface area contributed by atoms with Crippen LogP contribution in [0, 0.1) is 6.92 Å². The van der Waals surface area contributed by atoms with Crippen LogP contribution >= 0.6 is 23.2 Å². The number of esters is 1. The lowest BCUT2D eigenvalue weighted by Gasteiger charge is -2.08. The fraction of sp³-hybridized carbons (Fsp3) is 0.0833. The molecule has 0 unspecified atom stereocenters. The molecule has 30 heavy (non-hydrogen) atoms. The Morgan fingerprint density at radius 1 is 1.00 bits per heavy atom. The number of hydrogen-bond donors (Lipinski definition) is 0. The number of nitrogens with zero attached hydrogens (tertiary/aromatic N) is 1. The molecular formula is C24H17Cl2NO3. The van der Waals surface area contributed by atoms with Crippen molar-refractivity contribution in [2.75, 3.05) is 0 Å². The molecule has 0 N–H and O–H groups in total. The van der Waals surface area contributed by atoms with Gasteiger partial charge in [-0.05, 0) is 54.5 Å². The summed E-state index contributed by atoms with van der Waals surface area (Å²) in [6.07, 6.45) is 1.66. The Morgan fingerprint density at radius 3 is 2.63 bits per heavy atom. The maximum atomic E-state index is 12.3. The monoisotopic (exact) mass is 437 g/mol. The van der Waals surface area contributed by atoms with Crippen molar-refractivity contribution < 1.29 is 14.3 Å². The molecule has 0 amide bonds. The zero-order chi connectivity index (χ0) is 21.1. The predicted molar refractivity (Wildman–Crippen MR) is 119 cm³/mol. The summed E-state index contributed by atoms with van der Waals surface area (Å²) in [6, 6.07) is 20.3. The standard InChI is InChI=1S/C24H17Cl2NO3/c1-15-9-10-17(13-21(15)26)23-27-22(24(28)30-23)12-16-5-4-7-19(11-16)29-14-18-6-2-3-8-20(18)25/h2-13H,14H2,1H3/b22-12+. The number of carbonyl (C=O) groups excluding carboxylic acids is 1. The van der Waals surface area contributed by atoms with Crippen molar-refractivity contribution in [1.82, 2.24) is 0 Å². The largest absolute Gasteiger partial charge is 0.489 e. The number of rotatable bonds is 5. The van der Waals surface area contributed by atoms with Crippen molar-refractivity contribution in [3.05, 3.63) is 105 Å². The molecule has 0 fully saturated rings. The van der Waals surface area contributed by atoms with Crippen LogP contribution in [0.5, 0.6) is 5.75 Å². The first-order valence-corrected chi connectivity index (χ1v) is 10.0. The van der Waals surface area contributed by atoms with Gasteiger partial charge in [-0.3, -0.25) is 0 Å². The normalized spacial score (nSPS) is 14.6. The van der Waals surface area contributed by atoms with E-state index in [1.54, 1.807) is 12.1 Å². The molecule has 0 saturated carbocycles. The summed E-state index contributed by atoms with van der Waals surface area (Å²) >= 11 is 12.3. The number of halogens is 2. The van der Waals surface area contributed by atoms with Crippen molar-refractivity contribution in [2.45, 2.75) is 13.5 Å². The maximum Gasteiger partial charge on any atom is 0.363 e. The molecule has 0 atom stereocenters. The van der Waals surface area contributed by atoms with Crippen molar-refractivity contribution in [2.24, 2.45) is 4.99 Å². The van der Waals surface area contributed by atoms with Gasteiger partial charge in [0.2, 0.25) is 5.90 Å². The number of aryl methyl sites for hydroxylation is 1. The van der Waals surface area contributed by atoms with Crippen LogP contribution in [0.25, 0.3) is 6.08 Å². The van der Waals surface area contributed by atoms with Gasteiger partial charge in [0.25, 0.3) is 0 Å². The van der Waals surface area contributed by atoms with E-state index in [0.29, 0.717) is 28.0 Å². The molecule has 3 aromatic rings. The van der Waals surface area contributed by atoms with Crippen LogP contribution in [0.3, 0.4) is 0 Å². The molecule has 4 rings (SSSR count). The summed E-state index contributed by atoms with van der Waals surface area (Å²) in [5.41, 5.74) is 3.47. The first kappa shape index (κ1) is 20.2. The summed E-state index contributed by atoms with van der Waals surface area (Å²) in [4.78, 5) is 16.6. The van der Waals surface area contributed by atoms with E-state index in [9.17, 15) is 4.79 Å². The van der Waals surface area contributed by atoms with E-state index < -0.39 is 5.97 Å². The quantitative estimate of drug-likeness (QED) is 0.351. The van der Waals surface area contributed by atoms with Gasteiger partial charge in [0.15, 0.2) is 5.70 Å². The minimum absolute atomic E-state index is 0.213. The Balaban J connectivity index is 1.53. The van der Waals surface area contributed by atoms with E-state index in [1.165, 1.54) is 0 Å². The third kappa shape index (κ3) is 4.56. The third-order valence-corrected chi connectivity index (χ3v) is 5.33. The van der Waals surface area contributed by atoms with Gasteiger partial charge in [0, 0.05) is 21.2 Å². The molecule has 0 aliphatic carbocycles. The minimum Gasteiger partial charge on any atom is -0.489 e. The van der Waals surface area contributed by atoms with Crippen LogP contribution in [-0.4, -0.2) is 11.9 Å². The Kier molecular flexibility index (Phi) is 5.88. The molecule has 0 aromatic heterocycles. The number of benzene rings is 3. The number of cyclic esters (lactones) is 1. The van der Waals surface area contributed by atoms with Gasteiger partial charge in [-0.2, -0.15) is 0 Å². The van der Waals surface area contributed by atoms with Crippen molar-refractivity contribution in [3.8, 4) is 5.75 Å². The molecular weight excluding hydrogens is 421 g/mol. The first-order chi connectivity index (χ1) is 14.5. The summed E-state index contributed by atoms with van der Waals surface area (Å²) in [7, 11) is 0. The molecule has 0 spiro atoms. The van der Waals surface area contributed by atoms with E-state index in [1.807, 2.05) is 67.6 Å². The summed E-state index contributed by atoms with van der Waals surface area (Å²) in [6.45, 7) is 2.25. The lowest BCUT2D eigenvalue weighted by Crippen LogP contribution is -2.05. The Morgan fingerprint density at radius 2 is 1.83 bits per heavy atom. The second kappa shape index (κ2) is 8.74. The van der Waals surface area contributed by atoms with E-state index in [0.717, 1.165) is 16.7 Å². The van der Waals surface area contributed by atoms with Crippen LogP contribution in [0.2, 0.25) is 10.0 Å². The number of carbonyl (C=O) groups is 1. The van der Waals surface area contributed by atoms with Gasteiger partial charge in [-0.1, -0.05) is 59.6 Å². The molecule has 6 heteroatoms. The molecule has 0 bridgehead atoms. The summed E-state index contributed by atoms with van der Waals surface area (Å²) in [5, 5.41) is 1.24. The van der Waals surface area contributed by atoms with Crippen LogP contribution in [-0.2, 0) is 16.1 Å². The second-order valence-electron chi connectivity index (χ2n) is 6.75. The van der Waals surface area contributed by atoms with Crippen LogP contribution in [0.1, 0.15) is 22.3 Å². The Labute approximate surface area is 184 Å². The first-order valence-electron chi connectivity index (χ1n) is 9.25. The van der Waals surface area contributed by atoms with Crippen LogP contribution < -0.4 is 4.74 Å². The summed E-state index contributed by atoms with van der Waals surface area (Å²) < 4.78 is 11.2. The van der Waals surface area contributed by atoms with Crippen molar-refractivity contribution in [3.63, 3.8) is 0 Å². The SMILES string of the molecule is Cc1ccc(C2=N/C(=C/c3cccc(OCc4ccccc4Cl)c3)C(=O)O2)cc1Cl. The minimum atomic E-state index is -0.510. The average molecular weight is 438 g/mol. The molecule has 4 nitrogen and oxygen atoms in total. The van der Waals surface area contributed by atoms with E-state index in [4.69, 9.17) is 32.7 Å². The fourth-order valence-corrected chi connectivity index (χ4v) is 3.26. The molecule has 1 aliphatic rings. The van der Waals surface area contributed by atoms with Crippen LogP contribution in [0.4, 0.5) is 0 Å². The van der Waals surface area contributed by atoms with Crippen molar-refractivity contribution >= 4 is 41.1 Å². The molecule has 3 aromatic carbocycles. The van der Waals surface area contributed by atoms with Gasteiger partial charge in [0.1, 0.15) is 12.4 Å². The maximum absolute atomic E-state index is 12.3. The number of aliphatic imine (C=N–C) groups is 1. The highest BCUT2D eigenvalue weighted by Crippen LogP contribution is 2.24. The van der Waals surface area contributed by atoms with Gasteiger partial charge >= 0.3 is 5.97 Å². The molecule has 0 saturated heterocycles. The van der Waals surface area contributed by atoms with Gasteiger partial charge in [-0.15, -0.1) is 0 Å². The zero-order valence-corrected chi connectivity index (χ0v) is 17.6. The third-order valence-electron chi connectivity index (χ3n) is 4.55. The zero-order valence-electron chi connectivity index (χ0n) is 16.1. The van der Waals surface area contributed by atoms with E-state index >= 15 is 0 Å². The summed E-state index contributed by atoms with van der Waals surface area (Å²) in [5.74, 6) is 0.383. The molecule has 1 aliphatic heterocycles. The predicted octanol–water partition coefficient (Wildman–Crippen LogP) is 6.23.